The fraction of sp³-hybridized carbons (Fsp3) is 0.412. The summed E-state index contributed by atoms with van der Waals surface area (Å²) in [5.41, 5.74) is 0.772. The minimum Gasteiger partial charge on any atom is -0.388 e. The van der Waals surface area contributed by atoms with E-state index in [2.05, 4.69) is 10.4 Å². The molecule has 6 nitrogen and oxygen atoms in total. The molecule has 1 aliphatic heterocycles. The van der Waals surface area contributed by atoms with E-state index >= 15 is 0 Å². The number of carbonyl (C=O) groups is 1. The predicted octanol–water partition coefficient (Wildman–Crippen LogP) is 2.64. The van der Waals surface area contributed by atoms with Crippen molar-refractivity contribution in [2.45, 2.75) is 38.3 Å². The van der Waals surface area contributed by atoms with E-state index in [0.717, 1.165) is 24.2 Å². The summed E-state index contributed by atoms with van der Waals surface area (Å²) in [5, 5.41) is 17.3. The van der Waals surface area contributed by atoms with Crippen LogP contribution in [0.15, 0.2) is 42.7 Å². The van der Waals surface area contributed by atoms with Gasteiger partial charge >= 0.3 is 6.03 Å². The predicted molar refractivity (Wildman–Crippen MR) is 88.6 cm³/mol. The number of nitrogens with zero attached hydrogens (tertiary/aromatic N) is 3. The second-order valence-corrected chi connectivity index (χ2v) is 6.43. The first-order valence-electron chi connectivity index (χ1n) is 7.85. The number of aromatic nitrogens is 2. The first-order valence-corrected chi connectivity index (χ1v) is 7.85. The number of urea groups is 1. The van der Waals surface area contributed by atoms with Gasteiger partial charge in [-0.3, -0.25) is 0 Å². The molecule has 1 saturated heterocycles. The van der Waals surface area contributed by atoms with Crippen molar-refractivity contribution in [2.24, 2.45) is 0 Å². The molecule has 3 rings (SSSR count). The number of benzene rings is 1. The van der Waals surface area contributed by atoms with Gasteiger partial charge < -0.3 is 15.3 Å². The van der Waals surface area contributed by atoms with Crippen molar-refractivity contribution in [3.05, 3.63) is 42.7 Å². The average molecular weight is 314 g/mol. The van der Waals surface area contributed by atoms with Crippen LogP contribution in [0.5, 0.6) is 0 Å². The lowest BCUT2D eigenvalue weighted by Crippen LogP contribution is -2.49. The van der Waals surface area contributed by atoms with Crippen LogP contribution in [0.3, 0.4) is 0 Å². The zero-order valence-electron chi connectivity index (χ0n) is 13.4. The second kappa shape index (κ2) is 6.04. The highest BCUT2D eigenvalue weighted by Crippen LogP contribution is 2.27. The molecule has 1 aliphatic rings. The van der Waals surface area contributed by atoms with Crippen LogP contribution < -0.4 is 5.32 Å². The summed E-state index contributed by atoms with van der Waals surface area (Å²) in [6.07, 6.45) is 5.33. The highest BCUT2D eigenvalue weighted by molar-refractivity contribution is 5.89. The number of anilines is 1. The molecular weight excluding hydrogens is 292 g/mol. The first-order chi connectivity index (χ1) is 10.9. The van der Waals surface area contributed by atoms with Gasteiger partial charge in [0.2, 0.25) is 0 Å². The molecule has 0 bridgehead atoms. The van der Waals surface area contributed by atoms with Gasteiger partial charge in [0, 0.05) is 24.6 Å². The zero-order valence-corrected chi connectivity index (χ0v) is 13.4. The van der Waals surface area contributed by atoms with Gasteiger partial charge in [-0.25, -0.2) is 9.48 Å². The van der Waals surface area contributed by atoms with Crippen molar-refractivity contribution in [1.29, 1.82) is 0 Å². The minimum atomic E-state index is -0.891. The maximum absolute atomic E-state index is 12.5. The van der Waals surface area contributed by atoms with Crippen LogP contribution in [0, 0.1) is 0 Å². The van der Waals surface area contributed by atoms with E-state index < -0.39 is 5.60 Å². The lowest BCUT2D eigenvalue weighted by molar-refractivity contribution is 0.0117. The van der Waals surface area contributed by atoms with E-state index in [-0.39, 0.29) is 12.1 Å². The molecule has 6 heteroatoms. The molecule has 2 N–H and O–H groups in total. The summed E-state index contributed by atoms with van der Waals surface area (Å²) in [6, 6.07) is 9.06. The lowest BCUT2D eigenvalue weighted by Gasteiger charge is -2.33. The second-order valence-electron chi connectivity index (χ2n) is 6.43. The molecule has 0 aliphatic carbocycles. The monoisotopic (exact) mass is 314 g/mol. The Hall–Kier alpha value is -2.34. The molecule has 1 fully saturated rings. The molecule has 0 saturated carbocycles. The Bertz CT molecular complexity index is 659. The van der Waals surface area contributed by atoms with Crippen molar-refractivity contribution in [2.75, 3.05) is 11.9 Å². The number of nitrogens with one attached hydrogen (secondary N) is 1. The summed E-state index contributed by atoms with van der Waals surface area (Å²) in [6.45, 7) is 4.18. The Morgan fingerprint density at radius 3 is 2.70 bits per heavy atom. The van der Waals surface area contributed by atoms with Crippen molar-refractivity contribution >= 4 is 11.7 Å². The summed E-state index contributed by atoms with van der Waals surface area (Å²) in [7, 11) is 0. The molecule has 122 valence electrons. The molecule has 1 atom stereocenters. The molecule has 23 heavy (non-hydrogen) atoms. The van der Waals surface area contributed by atoms with Crippen molar-refractivity contribution in [1.82, 2.24) is 14.7 Å². The molecule has 0 spiro atoms. The number of hydrogen-bond donors (Lipinski definition) is 2. The molecule has 2 heterocycles. The van der Waals surface area contributed by atoms with Gasteiger partial charge in [0.1, 0.15) is 0 Å². The Balaban J connectivity index is 1.68. The number of aliphatic hydroxyl groups is 1. The van der Waals surface area contributed by atoms with Crippen LogP contribution in [0.25, 0.3) is 5.69 Å². The van der Waals surface area contributed by atoms with Crippen molar-refractivity contribution in [3.8, 4) is 5.69 Å². The minimum absolute atomic E-state index is 0.147. The summed E-state index contributed by atoms with van der Waals surface area (Å²) >= 11 is 0. The van der Waals surface area contributed by atoms with Crippen molar-refractivity contribution in [3.63, 3.8) is 0 Å². The molecule has 0 radical (unpaired) electrons. The Labute approximate surface area is 135 Å². The third kappa shape index (κ3) is 3.37. The average Bonchev–Trinajstić information content (AvgIpc) is 3.19. The third-order valence-electron chi connectivity index (χ3n) is 4.22. The van der Waals surface area contributed by atoms with Gasteiger partial charge in [-0.05, 0) is 57.0 Å². The number of hydrogen-bond acceptors (Lipinski definition) is 3. The molecule has 0 unspecified atom stereocenters. The highest BCUT2D eigenvalue weighted by Gasteiger charge is 2.38. The Morgan fingerprint density at radius 1 is 1.35 bits per heavy atom. The van der Waals surface area contributed by atoms with Gasteiger partial charge in [-0.2, -0.15) is 5.10 Å². The van der Waals surface area contributed by atoms with Gasteiger partial charge in [0.15, 0.2) is 0 Å². The van der Waals surface area contributed by atoms with E-state index in [1.165, 1.54) is 0 Å². The first kappa shape index (κ1) is 15.6. The molecule has 2 amide bonds. The molecule has 1 aromatic heterocycles. The van der Waals surface area contributed by atoms with E-state index in [1.807, 2.05) is 36.5 Å². The summed E-state index contributed by atoms with van der Waals surface area (Å²) in [4.78, 5) is 14.2. The topological polar surface area (TPSA) is 70.4 Å². The van der Waals surface area contributed by atoms with Gasteiger partial charge in [-0.15, -0.1) is 0 Å². The summed E-state index contributed by atoms with van der Waals surface area (Å²) < 4.78 is 1.76. The van der Waals surface area contributed by atoms with Gasteiger partial charge in [-0.1, -0.05) is 0 Å². The van der Waals surface area contributed by atoms with E-state index in [9.17, 15) is 9.90 Å². The summed E-state index contributed by atoms with van der Waals surface area (Å²) in [5.74, 6) is 0. The normalized spacial score (nSPS) is 18.2. The maximum atomic E-state index is 12.5. The van der Waals surface area contributed by atoms with Crippen LogP contribution >= 0.6 is 0 Å². The smallest absolute Gasteiger partial charge is 0.322 e. The largest absolute Gasteiger partial charge is 0.388 e. The van der Waals surface area contributed by atoms with E-state index in [4.69, 9.17) is 0 Å². The van der Waals surface area contributed by atoms with Crippen molar-refractivity contribution < 1.29 is 9.90 Å². The lowest BCUT2D eigenvalue weighted by atomic mass is 9.97. The van der Waals surface area contributed by atoms with Gasteiger partial charge in [0.05, 0.1) is 17.3 Å². The van der Waals surface area contributed by atoms with Crippen LogP contribution in [-0.2, 0) is 0 Å². The third-order valence-corrected chi connectivity index (χ3v) is 4.22. The Kier molecular flexibility index (Phi) is 4.09. The van der Waals surface area contributed by atoms with E-state index in [0.29, 0.717) is 6.54 Å². The molecule has 1 aromatic carbocycles. The number of carbonyl (C=O) groups excluding carboxylic acids is 1. The van der Waals surface area contributed by atoms with Crippen LogP contribution in [-0.4, -0.2) is 44.0 Å². The number of likely N-dealkylation sites (tertiary alicyclic amines) is 1. The Morgan fingerprint density at radius 2 is 2.09 bits per heavy atom. The fourth-order valence-electron chi connectivity index (χ4n) is 3.06. The van der Waals surface area contributed by atoms with Crippen LogP contribution in [0.4, 0.5) is 10.5 Å². The highest BCUT2D eigenvalue weighted by atomic mass is 16.3. The standard InChI is InChI=1S/C17H22N4O2/c1-17(2,23)15-5-3-11-20(15)16(22)19-13-6-8-14(9-7-13)21-12-4-10-18-21/h4,6-10,12,15,23H,3,5,11H2,1-2H3,(H,19,22)/t15-/m1/s1. The molecule has 2 aromatic rings. The SMILES string of the molecule is CC(C)(O)[C@H]1CCCN1C(=O)Nc1ccc(-n2cccn2)cc1. The molecular formula is C17H22N4O2. The fourth-order valence-corrected chi connectivity index (χ4v) is 3.06. The maximum Gasteiger partial charge on any atom is 0.322 e. The van der Waals surface area contributed by atoms with Crippen LogP contribution in [0.2, 0.25) is 0 Å². The number of rotatable bonds is 3. The van der Waals surface area contributed by atoms with Crippen LogP contribution in [0.1, 0.15) is 26.7 Å². The van der Waals surface area contributed by atoms with Gasteiger partial charge in [0.25, 0.3) is 0 Å². The quantitative estimate of drug-likeness (QED) is 0.915. The number of amides is 2. The zero-order chi connectivity index (χ0) is 16.4. The van der Waals surface area contributed by atoms with E-state index in [1.54, 1.807) is 29.6 Å².